The van der Waals surface area contributed by atoms with Gasteiger partial charge in [0.1, 0.15) is 18.6 Å². The first kappa shape index (κ1) is 26.0. The largest absolute Gasteiger partial charge is 0.481 e. The van der Waals surface area contributed by atoms with Crippen molar-refractivity contribution in [1.82, 2.24) is 25.9 Å². The molecule has 1 aromatic heterocycles. The number of hydrogen-bond donors (Lipinski definition) is 7. The Labute approximate surface area is 194 Å². The Balaban J connectivity index is 2.12. The molecule has 1 heterocycles. The van der Waals surface area contributed by atoms with Crippen molar-refractivity contribution in [1.29, 1.82) is 0 Å². The average molecular weight is 474 g/mol. The van der Waals surface area contributed by atoms with E-state index in [4.69, 9.17) is 15.9 Å². The standard InChI is InChI=1S/C21H26N6O7/c22-14(6-12-4-2-1-3-5-12)19(32)26-15(7-13-9-23-11-25-13)21(34)27-16(8-17(28)29)20(33)24-10-18(30)31/h1-5,9,11,14-16H,6-8,10,22H2,(H,23,25)(H,24,33)(H,26,32)(H,27,34)(H,28,29)(H,30,31). The van der Waals surface area contributed by atoms with E-state index >= 15 is 0 Å². The van der Waals surface area contributed by atoms with Crippen LogP contribution in [0.3, 0.4) is 0 Å². The van der Waals surface area contributed by atoms with Crippen molar-refractivity contribution in [3.05, 3.63) is 54.1 Å². The fourth-order valence-electron chi connectivity index (χ4n) is 3.01. The molecule has 0 fully saturated rings. The van der Waals surface area contributed by atoms with Crippen LogP contribution in [0.1, 0.15) is 17.7 Å². The summed E-state index contributed by atoms with van der Waals surface area (Å²) in [5.74, 6) is -5.22. The van der Waals surface area contributed by atoms with Crippen molar-refractivity contribution in [3.8, 4) is 0 Å². The first-order valence-corrected chi connectivity index (χ1v) is 10.2. The van der Waals surface area contributed by atoms with Crippen LogP contribution in [0.4, 0.5) is 0 Å². The maximum atomic E-state index is 12.9. The number of carbonyl (C=O) groups excluding carboxylic acids is 3. The van der Waals surface area contributed by atoms with Gasteiger partial charge in [0, 0.05) is 18.3 Å². The van der Waals surface area contributed by atoms with Crippen molar-refractivity contribution in [2.45, 2.75) is 37.4 Å². The number of imidazole rings is 1. The van der Waals surface area contributed by atoms with E-state index in [2.05, 4.69) is 20.6 Å². The van der Waals surface area contributed by atoms with Crippen LogP contribution >= 0.6 is 0 Å². The van der Waals surface area contributed by atoms with E-state index in [1.807, 2.05) is 11.4 Å². The Morgan fingerprint density at radius 3 is 2.18 bits per heavy atom. The Morgan fingerprint density at radius 2 is 1.59 bits per heavy atom. The van der Waals surface area contributed by atoms with E-state index in [0.29, 0.717) is 5.69 Å². The summed E-state index contributed by atoms with van der Waals surface area (Å²) in [7, 11) is 0. The number of carboxylic acid groups (broad SMARTS) is 2. The summed E-state index contributed by atoms with van der Waals surface area (Å²) < 4.78 is 0. The maximum absolute atomic E-state index is 12.9. The van der Waals surface area contributed by atoms with Gasteiger partial charge in [0.05, 0.1) is 18.8 Å². The summed E-state index contributed by atoms with van der Waals surface area (Å²) in [6.45, 7) is -0.756. The predicted octanol–water partition coefficient (Wildman–Crippen LogP) is -1.83. The Morgan fingerprint density at radius 1 is 0.912 bits per heavy atom. The van der Waals surface area contributed by atoms with Gasteiger partial charge in [0.2, 0.25) is 17.7 Å². The van der Waals surface area contributed by atoms with Gasteiger partial charge in [-0.25, -0.2) is 4.98 Å². The number of benzene rings is 1. The fraction of sp³-hybridized carbons (Fsp3) is 0.333. The molecule has 13 heteroatoms. The van der Waals surface area contributed by atoms with Gasteiger partial charge in [-0.05, 0) is 12.0 Å². The van der Waals surface area contributed by atoms with Gasteiger partial charge in [-0.3, -0.25) is 24.0 Å². The zero-order valence-electron chi connectivity index (χ0n) is 18.1. The highest BCUT2D eigenvalue weighted by Crippen LogP contribution is 2.05. The molecule has 8 N–H and O–H groups in total. The minimum atomic E-state index is -1.57. The molecule has 182 valence electrons. The third kappa shape index (κ3) is 8.70. The quantitative estimate of drug-likeness (QED) is 0.173. The topological polar surface area (TPSA) is 217 Å². The molecule has 2 rings (SSSR count). The van der Waals surface area contributed by atoms with Crippen LogP contribution in [0.25, 0.3) is 0 Å². The molecule has 0 spiro atoms. The molecule has 2 aromatic rings. The lowest BCUT2D eigenvalue weighted by Gasteiger charge is -2.23. The molecular formula is C21H26N6O7. The van der Waals surface area contributed by atoms with Crippen LogP contribution in [-0.2, 0) is 36.8 Å². The number of aliphatic carboxylic acids is 2. The van der Waals surface area contributed by atoms with Crippen LogP contribution in [0.15, 0.2) is 42.9 Å². The molecule has 3 unspecified atom stereocenters. The van der Waals surface area contributed by atoms with E-state index in [1.54, 1.807) is 24.3 Å². The van der Waals surface area contributed by atoms with Gasteiger partial charge < -0.3 is 36.9 Å². The van der Waals surface area contributed by atoms with E-state index in [-0.39, 0.29) is 12.8 Å². The van der Waals surface area contributed by atoms with E-state index < -0.39 is 60.8 Å². The number of H-pyrrole nitrogens is 1. The lowest BCUT2D eigenvalue weighted by atomic mass is 10.0. The second-order valence-electron chi connectivity index (χ2n) is 7.41. The number of aromatic amines is 1. The third-order valence-corrected chi connectivity index (χ3v) is 4.67. The highest BCUT2D eigenvalue weighted by atomic mass is 16.4. The van der Waals surface area contributed by atoms with Gasteiger partial charge >= 0.3 is 11.9 Å². The number of rotatable bonds is 13. The second-order valence-corrected chi connectivity index (χ2v) is 7.41. The summed E-state index contributed by atoms with van der Waals surface area (Å²) in [6, 6.07) is 5.25. The summed E-state index contributed by atoms with van der Waals surface area (Å²) in [5, 5.41) is 24.6. The summed E-state index contributed by atoms with van der Waals surface area (Å²) in [4.78, 5) is 66.3. The Bertz CT molecular complexity index is 996. The molecule has 0 radical (unpaired) electrons. The second kappa shape index (κ2) is 12.7. The SMILES string of the molecule is NC(Cc1ccccc1)C(=O)NC(Cc1cnc[nH]1)C(=O)NC(CC(=O)O)C(=O)NCC(=O)O. The molecular weight excluding hydrogens is 448 g/mol. The molecule has 0 saturated heterocycles. The Kier molecular flexibility index (Phi) is 9.71. The predicted molar refractivity (Wildman–Crippen MR) is 117 cm³/mol. The van der Waals surface area contributed by atoms with Gasteiger partial charge in [0.15, 0.2) is 0 Å². The number of nitrogens with zero attached hydrogens (tertiary/aromatic N) is 1. The molecule has 0 bridgehead atoms. The maximum Gasteiger partial charge on any atom is 0.322 e. The lowest BCUT2D eigenvalue weighted by molar-refractivity contribution is -0.141. The average Bonchev–Trinajstić information content (AvgIpc) is 3.30. The first-order chi connectivity index (χ1) is 16.2. The molecule has 1 aromatic carbocycles. The minimum Gasteiger partial charge on any atom is -0.481 e. The number of nitrogens with two attached hydrogens (primary N) is 1. The molecule has 34 heavy (non-hydrogen) atoms. The highest BCUT2D eigenvalue weighted by molar-refractivity contribution is 5.95. The zero-order valence-corrected chi connectivity index (χ0v) is 18.1. The van der Waals surface area contributed by atoms with Gasteiger partial charge in [-0.2, -0.15) is 0 Å². The molecule has 3 atom stereocenters. The lowest BCUT2D eigenvalue weighted by Crippen LogP contribution is -2.57. The number of hydrogen-bond acceptors (Lipinski definition) is 7. The zero-order chi connectivity index (χ0) is 25.1. The smallest absolute Gasteiger partial charge is 0.322 e. The van der Waals surface area contributed by atoms with Gasteiger partial charge in [0.25, 0.3) is 0 Å². The number of carbonyl (C=O) groups is 5. The van der Waals surface area contributed by atoms with E-state index in [1.165, 1.54) is 12.5 Å². The normalized spacial score (nSPS) is 13.2. The van der Waals surface area contributed by atoms with Crippen LogP contribution in [0.2, 0.25) is 0 Å². The van der Waals surface area contributed by atoms with Crippen LogP contribution < -0.4 is 21.7 Å². The number of amides is 3. The monoisotopic (exact) mass is 474 g/mol. The molecule has 0 aliphatic carbocycles. The Hall–Kier alpha value is -4.26. The van der Waals surface area contributed by atoms with Crippen molar-refractivity contribution in [2.75, 3.05) is 6.54 Å². The minimum absolute atomic E-state index is 0.0494. The third-order valence-electron chi connectivity index (χ3n) is 4.67. The van der Waals surface area contributed by atoms with Crippen molar-refractivity contribution in [3.63, 3.8) is 0 Å². The first-order valence-electron chi connectivity index (χ1n) is 10.2. The van der Waals surface area contributed by atoms with Crippen LogP contribution in [0, 0.1) is 0 Å². The fourth-order valence-corrected chi connectivity index (χ4v) is 3.01. The number of carboxylic acids is 2. The van der Waals surface area contributed by atoms with Gasteiger partial charge in [-0.1, -0.05) is 30.3 Å². The summed E-state index contributed by atoms with van der Waals surface area (Å²) in [6.07, 6.45) is 2.18. The molecule has 0 saturated carbocycles. The van der Waals surface area contributed by atoms with E-state index in [9.17, 15) is 24.0 Å². The van der Waals surface area contributed by atoms with Crippen molar-refractivity contribution >= 4 is 29.7 Å². The van der Waals surface area contributed by atoms with Crippen molar-refractivity contribution in [2.24, 2.45) is 5.73 Å². The van der Waals surface area contributed by atoms with Crippen LogP contribution in [0.5, 0.6) is 0 Å². The number of nitrogens with one attached hydrogen (secondary N) is 4. The highest BCUT2D eigenvalue weighted by Gasteiger charge is 2.30. The van der Waals surface area contributed by atoms with Crippen LogP contribution in [-0.4, -0.2) is 74.5 Å². The summed E-state index contributed by atoms with van der Waals surface area (Å²) in [5.41, 5.74) is 7.30. The molecule has 0 aliphatic rings. The summed E-state index contributed by atoms with van der Waals surface area (Å²) >= 11 is 0. The van der Waals surface area contributed by atoms with Crippen molar-refractivity contribution < 1.29 is 34.2 Å². The van der Waals surface area contributed by atoms with Gasteiger partial charge in [-0.15, -0.1) is 0 Å². The van der Waals surface area contributed by atoms with E-state index in [0.717, 1.165) is 5.56 Å². The molecule has 0 aliphatic heterocycles. The molecule has 3 amide bonds. The number of aromatic nitrogens is 2. The molecule has 13 nitrogen and oxygen atoms in total.